The molecular weight excluding hydrogens is 124 g/mol. The number of rotatable bonds is 2. The van der Waals surface area contributed by atoms with Gasteiger partial charge in [0, 0.05) is 0 Å². The van der Waals surface area contributed by atoms with Crippen molar-refractivity contribution in [3.05, 3.63) is 0 Å². The van der Waals surface area contributed by atoms with Gasteiger partial charge >= 0.3 is 0 Å². The number of carbonyl (C=O) groups is 1. The topological polar surface area (TPSA) is 17.1 Å². The summed E-state index contributed by atoms with van der Waals surface area (Å²) in [6, 6.07) is 0. The van der Waals surface area contributed by atoms with Crippen molar-refractivity contribution in [1.82, 2.24) is 0 Å². The molecule has 0 fully saturated rings. The van der Waals surface area contributed by atoms with Gasteiger partial charge in [0.1, 0.15) is 5.78 Å². The predicted molar refractivity (Wildman–Crippen MR) is 46.1 cm³/mol. The third-order valence-electron chi connectivity index (χ3n) is 0.866. The lowest BCUT2D eigenvalue weighted by atomic mass is 10.1. The van der Waals surface area contributed by atoms with E-state index >= 15 is 0 Å². The van der Waals surface area contributed by atoms with Crippen LogP contribution in [0.3, 0.4) is 0 Å². The molecule has 0 amide bonds. The Bertz CT molecular complexity index is 70.8. The molecule has 0 unspecified atom stereocenters. The number of ketones is 1. The van der Waals surface area contributed by atoms with Crippen LogP contribution in [0.1, 0.15) is 47.5 Å². The van der Waals surface area contributed by atoms with Crippen LogP contribution in [0, 0.1) is 5.92 Å². The summed E-state index contributed by atoms with van der Waals surface area (Å²) in [4.78, 5) is 9.44. The highest BCUT2D eigenvalue weighted by atomic mass is 16.1. The number of hydrogen-bond donors (Lipinski definition) is 0. The van der Waals surface area contributed by atoms with Gasteiger partial charge in [0.2, 0.25) is 0 Å². The maximum atomic E-state index is 9.44. The largest absolute Gasteiger partial charge is 0.300 e. The zero-order chi connectivity index (χ0) is 8.57. The molecule has 10 heavy (non-hydrogen) atoms. The van der Waals surface area contributed by atoms with Crippen LogP contribution in [0.4, 0.5) is 0 Å². The molecule has 0 aromatic heterocycles. The van der Waals surface area contributed by atoms with Crippen LogP contribution in [0.25, 0.3) is 0 Å². The SMILES string of the molecule is CC(C)=O.CCCC(C)C. The molecule has 1 heteroatoms. The Labute approximate surface area is 64.8 Å². The van der Waals surface area contributed by atoms with Crippen molar-refractivity contribution in [2.24, 2.45) is 5.92 Å². The van der Waals surface area contributed by atoms with Gasteiger partial charge in [-0.3, -0.25) is 0 Å². The van der Waals surface area contributed by atoms with Crippen molar-refractivity contribution in [3.8, 4) is 0 Å². The Morgan fingerprint density at radius 3 is 1.60 bits per heavy atom. The minimum Gasteiger partial charge on any atom is -0.300 e. The van der Waals surface area contributed by atoms with Crippen LogP contribution >= 0.6 is 0 Å². The minimum atomic E-state index is 0.167. The fourth-order valence-corrected chi connectivity index (χ4v) is 0.577. The smallest absolute Gasteiger partial charge is 0.126 e. The lowest BCUT2D eigenvalue weighted by Crippen LogP contribution is -1.81. The Balaban J connectivity index is 0. The molecule has 0 heterocycles. The standard InChI is InChI=1S/C6H14.C3H6O/c1-4-5-6(2)3;1-3(2)4/h6H,4-5H2,1-3H3;1-2H3. The number of carbonyl (C=O) groups excluding carboxylic acids is 1. The molecule has 0 aliphatic carbocycles. The maximum absolute atomic E-state index is 9.44. The summed E-state index contributed by atoms with van der Waals surface area (Å²) >= 11 is 0. The van der Waals surface area contributed by atoms with E-state index in [0.717, 1.165) is 5.92 Å². The van der Waals surface area contributed by atoms with Gasteiger partial charge in [0.05, 0.1) is 0 Å². The van der Waals surface area contributed by atoms with Crippen molar-refractivity contribution in [1.29, 1.82) is 0 Å². The molecule has 0 aromatic rings. The molecule has 0 aliphatic rings. The predicted octanol–water partition coefficient (Wildman–Crippen LogP) is 3.04. The summed E-state index contributed by atoms with van der Waals surface area (Å²) in [7, 11) is 0. The molecule has 0 aliphatic heterocycles. The van der Waals surface area contributed by atoms with E-state index in [0.29, 0.717) is 0 Å². The Kier molecular flexibility index (Phi) is 10.7. The highest BCUT2D eigenvalue weighted by Gasteiger charge is 1.85. The van der Waals surface area contributed by atoms with E-state index < -0.39 is 0 Å². The Hall–Kier alpha value is -0.330. The highest BCUT2D eigenvalue weighted by molar-refractivity contribution is 5.72. The molecule has 0 radical (unpaired) electrons. The summed E-state index contributed by atoms with van der Waals surface area (Å²) < 4.78 is 0. The highest BCUT2D eigenvalue weighted by Crippen LogP contribution is 2.00. The van der Waals surface area contributed by atoms with E-state index in [-0.39, 0.29) is 5.78 Å². The average Bonchev–Trinajstić information content (AvgIpc) is 1.62. The van der Waals surface area contributed by atoms with Gasteiger partial charge in [-0.15, -0.1) is 0 Å². The van der Waals surface area contributed by atoms with E-state index in [4.69, 9.17) is 0 Å². The van der Waals surface area contributed by atoms with E-state index in [1.54, 1.807) is 0 Å². The van der Waals surface area contributed by atoms with E-state index in [1.165, 1.54) is 26.7 Å². The summed E-state index contributed by atoms with van der Waals surface area (Å²) in [6.07, 6.45) is 2.71. The van der Waals surface area contributed by atoms with Gasteiger partial charge < -0.3 is 4.79 Å². The summed E-state index contributed by atoms with van der Waals surface area (Å²) in [5.74, 6) is 1.06. The zero-order valence-corrected chi connectivity index (χ0v) is 7.90. The second-order valence-electron chi connectivity index (χ2n) is 3.09. The van der Waals surface area contributed by atoms with Gasteiger partial charge in [-0.2, -0.15) is 0 Å². The first-order valence-corrected chi connectivity index (χ1v) is 3.97. The van der Waals surface area contributed by atoms with Crippen LogP contribution in [-0.2, 0) is 4.79 Å². The molecule has 0 aromatic carbocycles. The average molecular weight is 144 g/mol. The first-order valence-electron chi connectivity index (χ1n) is 3.97. The first-order chi connectivity index (χ1) is 4.50. The molecule has 0 rings (SSSR count). The second kappa shape index (κ2) is 8.67. The summed E-state index contributed by atoms with van der Waals surface area (Å²) in [6.45, 7) is 9.78. The van der Waals surface area contributed by atoms with E-state index in [1.807, 2.05) is 0 Å². The van der Waals surface area contributed by atoms with Crippen molar-refractivity contribution >= 4 is 5.78 Å². The molecule has 0 N–H and O–H groups in total. The fraction of sp³-hybridized carbons (Fsp3) is 0.889. The molecule has 0 atom stereocenters. The van der Waals surface area contributed by atoms with Gasteiger partial charge in [0.15, 0.2) is 0 Å². The third-order valence-corrected chi connectivity index (χ3v) is 0.866. The molecule has 1 nitrogen and oxygen atoms in total. The monoisotopic (exact) mass is 144 g/mol. The van der Waals surface area contributed by atoms with Crippen molar-refractivity contribution in [3.63, 3.8) is 0 Å². The third kappa shape index (κ3) is 47.9. The lowest BCUT2D eigenvalue weighted by molar-refractivity contribution is -0.114. The lowest BCUT2D eigenvalue weighted by Gasteiger charge is -1.95. The molecular formula is C9H20O. The van der Waals surface area contributed by atoms with Gasteiger partial charge in [-0.25, -0.2) is 0 Å². The van der Waals surface area contributed by atoms with Gasteiger partial charge in [-0.1, -0.05) is 33.6 Å². The van der Waals surface area contributed by atoms with Crippen molar-refractivity contribution < 1.29 is 4.79 Å². The van der Waals surface area contributed by atoms with E-state index in [2.05, 4.69) is 20.8 Å². The molecule has 0 saturated carbocycles. The quantitative estimate of drug-likeness (QED) is 0.582. The van der Waals surface area contributed by atoms with Crippen LogP contribution < -0.4 is 0 Å². The van der Waals surface area contributed by atoms with Crippen molar-refractivity contribution in [2.45, 2.75) is 47.5 Å². The molecule has 0 saturated heterocycles. The van der Waals surface area contributed by atoms with Gasteiger partial charge in [0.25, 0.3) is 0 Å². The van der Waals surface area contributed by atoms with E-state index in [9.17, 15) is 4.79 Å². The van der Waals surface area contributed by atoms with Crippen LogP contribution in [0.15, 0.2) is 0 Å². The molecule has 0 spiro atoms. The minimum absolute atomic E-state index is 0.167. The normalized spacial score (nSPS) is 8.60. The number of Topliss-reactive ketones (excluding diaryl/α,β-unsaturated/α-hetero) is 1. The van der Waals surface area contributed by atoms with Crippen LogP contribution in [0.2, 0.25) is 0 Å². The zero-order valence-electron chi connectivity index (χ0n) is 7.90. The van der Waals surface area contributed by atoms with Gasteiger partial charge in [-0.05, 0) is 19.8 Å². The Morgan fingerprint density at radius 1 is 1.30 bits per heavy atom. The summed E-state index contributed by atoms with van der Waals surface area (Å²) in [5.41, 5.74) is 0. The Morgan fingerprint density at radius 2 is 1.60 bits per heavy atom. The number of hydrogen-bond acceptors (Lipinski definition) is 1. The first kappa shape index (κ1) is 12.4. The molecule has 62 valence electrons. The maximum Gasteiger partial charge on any atom is 0.126 e. The van der Waals surface area contributed by atoms with Crippen LogP contribution in [0.5, 0.6) is 0 Å². The van der Waals surface area contributed by atoms with Crippen molar-refractivity contribution in [2.75, 3.05) is 0 Å². The summed E-state index contributed by atoms with van der Waals surface area (Å²) in [5, 5.41) is 0. The van der Waals surface area contributed by atoms with Crippen LogP contribution in [-0.4, -0.2) is 5.78 Å². The molecule has 0 bridgehead atoms. The fourth-order valence-electron chi connectivity index (χ4n) is 0.577. The second-order valence-corrected chi connectivity index (χ2v) is 3.09.